The van der Waals surface area contributed by atoms with E-state index in [1.165, 1.54) is 18.3 Å². The zero-order valence-corrected chi connectivity index (χ0v) is 6.23. The number of aromatic hydroxyl groups is 2. The summed E-state index contributed by atoms with van der Waals surface area (Å²) in [4.78, 5) is 2.98. The van der Waals surface area contributed by atoms with Crippen molar-refractivity contribution in [1.29, 1.82) is 0 Å². The Hall–Kier alpha value is -1.95. The predicted molar refractivity (Wildman–Crippen MR) is 45.4 cm³/mol. The van der Waals surface area contributed by atoms with Crippen LogP contribution in [0.3, 0.4) is 0 Å². The van der Waals surface area contributed by atoms with E-state index in [1.54, 1.807) is 12.1 Å². The van der Waals surface area contributed by atoms with E-state index in [2.05, 4.69) is 4.85 Å². The van der Waals surface area contributed by atoms with Gasteiger partial charge in [0, 0.05) is 5.56 Å². The number of hydrogen-bond acceptors (Lipinski definition) is 2. The van der Waals surface area contributed by atoms with Gasteiger partial charge in [0.2, 0.25) is 0 Å². The number of nitrogens with zero attached hydrogens (tertiary/aromatic N) is 1. The van der Waals surface area contributed by atoms with Crippen LogP contribution in [0.5, 0.6) is 11.5 Å². The van der Waals surface area contributed by atoms with Gasteiger partial charge in [-0.05, 0) is 6.07 Å². The SMILES string of the molecule is [C-]#[N+]C=Cc1cccc(O)c1O. The van der Waals surface area contributed by atoms with Crippen LogP contribution in [0, 0.1) is 6.57 Å². The monoisotopic (exact) mass is 161 g/mol. The van der Waals surface area contributed by atoms with Gasteiger partial charge in [-0.25, -0.2) is 4.85 Å². The third-order valence-electron chi connectivity index (χ3n) is 1.37. The summed E-state index contributed by atoms with van der Waals surface area (Å²) in [5.74, 6) is -0.375. The Balaban J connectivity index is 3.10. The summed E-state index contributed by atoms with van der Waals surface area (Å²) < 4.78 is 0. The van der Waals surface area contributed by atoms with Crippen LogP contribution in [0.25, 0.3) is 10.9 Å². The van der Waals surface area contributed by atoms with Crippen molar-refractivity contribution in [3.05, 3.63) is 41.4 Å². The van der Waals surface area contributed by atoms with Gasteiger partial charge >= 0.3 is 0 Å². The largest absolute Gasteiger partial charge is 0.504 e. The van der Waals surface area contributed by atoms with Crippen LogP contribution in [0.2, 0.25) is 0 Å². The number of rotatable bonds is 1. The zero-order valence-electron chi connectivity index (χ0n) is 6.23. The maximum Gasteiger partial charge on any atom is 0.163 e. The van der Waals surface area contributed by atoms with Gasteiger partial charge in [0.15, 0.2) is 17.7 Å². The normalized spacial score (nSPS) is 9.92. The molecule has 2 N–H and O–H groups in total. The van der Waals surface area contributed by atoms with Crippen LogP contribution in [0.1, 0.15) is 5.56 Å². The Labute approximate surface area is 70.0 Å². The molecule has 0 spiro atoms. The molecule has 3 heteroatoms. The van der Waals surface area contributed by atoms with Crippen molar-refractivity contribution in [3.63, 3.8) is 0 Å². The first kappa shape index (κ1) is 8.15. The molecule has 0 unspecified atom stereocenters. The molecule has 12 heavy (non-hydrogen) atoms. The molecule has 60 valence electrons. The highest BCUT2D eigenvalue weighted by atomic mass is 16.3. The Morgan fingerprint density at radius 2 is 2.08 bits per heavy atom. The van der Waals surface area contributed by atoms with E-state index in [1.807, 2.05) is 0 Å². The summed E-state index contributed by atoms with van der Waals surface area (Å²) in [5, 5.41) is 18.3. The van der Waals surface area contributed by atoms with Crippen molar-refractivity contribution in [2.24, 2.45) is 0 Å². The summed E-state index contributed by atoms with van der Waals surface area (Å²) >= 11 is 0. The smallest absolute Gasteiger partial charge is 0.163 e. The van der Waals surface area contributed by atoms with Gasteiger partial charge in [-0.2, -0.15) is 0 Å². The lowest BCUT2D eigenvalue weighted by Crippen LogP contribution is -1.74. The number of phenols is 2. The molecule has 0 radical (unpaired) electrons. The second-order valence-corrected chi connectivity index (χ2v) is 2.16. The van der Waals surface area contributed by atoms with Gasteiger partial charge in [-0.15, -0.1) is 0 Å². The topological polar surface area (TPSA) is 44.8 Å². The Bertz CT molecular complexity index is 350. The molecule has 0 aliphatic heterocycles. The van der Waals surface area contributed by atoms with Gasteiger partial charge in [-0.1, -0.05) is 18.2 Å². The van der Waals surface area contributed by atoms with Crippen molar-refractivity contribution in [2.45, 2.75) is 0 Å². The third-order valence-corrected chi connectivity index (χ3v) is 1.37. The average molecular weight is 161 g/mol. The minimum absolute atomic E-state index is 0.179. The van der Waals surface area contributed by atoms with Crippen molar-refractivity contribution in [3.8, 4) is 11.5 Å². The minimum Gasteiger partial charge on any atom is -0.504 e. The molecule has 0 saturated heterocycles. The minimum atomic E-state index is -0.197. The van der Waals surface area contributed by atoms with Crippen molar-refractivity contribution < 1.29 is 10.2 Å². The summed E-state index contributed by atoms with van der Waals surface area (Å²) in [6.45, 7) is 6.47. The first-order valence-corrected chi connectivity index (χ1v) is 3.30. The molecular weight excluding hydrogens is 154 g/mol. The lowest BCUT2D eigenvalue weighted by atomic mass is 10.2. The fraction of sp³-hybridized carbons (Fsp3) is 0. The quantitative estimate of drug-likeness (QED) is 0.488. The molecule has 0 amide bonds. The summed E-state index contributed by atoms with van der Waals surface area (Å²) in [7, 11) is 0. The maximum atomic E-state index is 9.22. The standard InChI is InChI=1S/C9H7NO2/c1-10-6-5-7-3-2-4-8(11)9(7)12/h2-6,11-12H. The fourth-order valence-corrected chi connectivity index (χ4v) is 0.801. The fourth-order valence-electron chi connectivity index (χ4n) is 0.801. The van der Waals surface area contributed by atoms with E-state index >= 15 is 0 Å². The molecule has 0 aromatic heterocycles. The first-order chi connectivity index (χ1) is 5.75. The molecular formula is C9H7NO2. The van der Waals surface area contributed by atoms with E-state index < -0.39 is 0 Å². The van der Waals surface area contributed by atoms with Crippen LogP contribution in [0.15, 0.2) is 24.4 Å². The van der Waals surface area contributed by atoms with E-state index in [-0.39, 0.29) is 11.5 Å². The molecule has 0 atom stereocenters. The highest BCUT2D eigenvalue weighted by Crippen LogP contribution is 2.28. The highest BCUT2D eigenvalue weighted by molar-refractivity contribution is 5.61. The summed E-state index contributed by atoms with van der Waals surface area (Å²) in [6.07, 6.45) is 2.65. The molecule has 1 rings (SSSR count). The molecule has 1 aromatic rings. The molecule has 0 bridgehead atoms. The van der Waals surface area contributed by atoms with Crippen LogP contribution in [-0.4, -0.2) is 10.2 Å². The molecule has 0 fully saturated rings. The highest BCUT2D eigenvalue weighted by Gasteiger charge is 2.00. The van der Waals surface area contributed by atoms with E-state index in [9.17, 15) is 5.11 Å². The van der Waals surface area contributed by atoms with Gasteiger partial charge in [-0.3, -0.25) is 0 Å². The molecule has 0 saturated carbocycles. The number of hydrogen-bond donors (Lipinski definition) is 2. The molecule has 0 heterocycles. The van der Waals surface area contributed by atoms with E-state index in [0.717, 1.165) is 0 Å². The van der Waals surface area contributed by atoms with Crippen molar-refractivity contribution in [2.75, 3.05) is 0 Å². The average Bonchev–Trinajstić information content (AvgIpc) is 2.08. The van der Waals surface area contributed by atoms with Gasteiger partial charge in [0.25, 0.3) is 0 Å². The molecule has 3 nitrogen and oxygen atoms in total. The lowest BCUT2D eigenvalue weighted by Gasteiger charge is -1.99. The molecule has 1 aromatic carbocycles. The molecule has 0 aliphatic rings. The van der Waals surface area contributed by atoms with Crippen LogP contribution < -0.4 is 0 Å². The van der Waals surface area contributed by atoms with Gasteiger partial charge < -0.3 is 10.2 Å². The maximum absolute atomic E-state index is 9.22. The van der Waals surface area contributed by atoms with E-state index in [4.69, 9.17) is 11.7 Å². The Morgan fingerprint density at radius 1 is 1.33 bits per heavy atom. The van der Waals surface area contributed by atoms with Gasteiger partial charge in [0.05, 0.1) is 6.57 Å². The molecule has 0 aliphatic carbocycles. The Kier molecular flexibility index (Phi) is 2.34. The van der Waals surface area contributed by atoms with Crippen molar-refractivity contribution in [1.82, 2.24) is 0 Å². The Morgan fingerprint density at radius 3 is 2.75 bits per heavy atom. The predicted octanol–water partition coefficient (Wildman–Crippen LogP) is 1.99. The van der Waals surface area contributed by atoms with Gasteiger partial charge in [0.1, 0.15) is 0 Å². The van der Waals surface area contributed by atoms with Crippen LogP contribution in [0.4, 0.5) is 0 Å². The lowest BCUT2D eigenvalue weighted by molar-refractivity contribution is 0.403. The zero-order chi connectivity index (χ0) is 8.97. The number of benzene rings is 1. The second kappa shape index (κ2) is 3.44. The first-order valence-electron chi connectivity index (χ1n) is 3.30. The van der Waals surface area contributed by atoms with Crippen LogP contribution >= 0.6 is 0 Å². The summed E-state index contributed by atoms with van der Waals surface area (Å²) in [5.41, 5.74) is 0.436. The number of phenolic OH excluding ortho intramolecular Hbond substituents is 2. The third kappa shape index (κ3) is 1.55. The van der Waals surface area contributed by atoms with Crippen LogP contribution in [-0.2, 0) is 0 Å². The second-order valence-electron chi connectivity index (χ2n) is 2.16. The number of para-hydroxylation sites is 1. The summed E-state index contributed by atoms with van der Waals surface area (Å²) in [6, 6.07) is 4.58. The van der Waals surface area contributed by atoms with Crippen molar-refractivity contribution >= 4 is 6.08 Å². The van der Waals surface area contributed by atoms with E-state index in [0.29, 0.717) is 5.56 Å².